The second kappa shape index (κ2) is 8.51. The van der Waals surface area contributed by atoms with Crippen LogP contribution in [0.5, 0.6) is 0 Å². The zero-order valence-electron chi connectivity index (χ0n) is 17.4. The van der Waals surface area contributed by atoms with Gasteiger partial charge in [-0.1, -0.05) is 17.7 Å². The van der Waals surface area contributed by atoms with Crippen LogP contribution in [0.25, 0.3) is 0 Å². The molecule has 0 radical (unpaired) electrons. The lowest BCUT2D eigenvalue weighted by atomic mass is 10.1. The molecule has 1 aliphatic heterocycles. The minimum Gasteiger partial charge on any atom is -0.462 e. The van der Waals surface area contributed by atoms with Crippen molar-refractivity contribution in [2.24, 2.45) is 0 Å². The molecule has 1 N–H and O–H groups in total. The molecule has 1 fully saturated rings. The van der Waals surface area contributed by atoms with E-state index in [1.54, 1.807) is 30.6 Å². The molecule has 0 spiro atoms. The van der Waals surface area contributed by atoms with Crippen LogP contribution in [-0.4, -0.2) is 65.4 Å². The lowest BCUT2D eigenvalue weighted by molar-refractivity contribution is 0.0522. The number of aryl methyl sites for hydroxylation is 2. The van der Waals surface area contributed by atoms with Gasteiger partial charge in [0.2, 0.25) is 0 Å². The summed E-state index contributed by atoms with van der Waals surface area (Å²) in [6.45, 7) is 9.36. The predicted molar refractivity (Wildman–Crippen MR) is 109 cm³/mol. The highest BCUT2D eigenvalue weighted by molar-refractivity contribution is 6.00. The number of nitrogens with one attached hydrogen (secondary N) is 1. The first kappa shape index (κ1) is 20.6. The van der Waals surface area contributed by atoms with Gasteiger partial charge in [0.1, 0.15) is 5.69 Å². The van der Waals surface area contributed by atoms with Gasteiger partial charge in [-0.05, 0) is 45.4 Å². The number of carbonyl (C=O) groups is 3. The molecule has 0 aliphatic carbocycles. The third-order valence-corrected chi connectivity index (χ3v) is 5.28. The average molecular weight is 397 g/mol. The van der Waals surface area contributed by atoms with E-state index in [2.05, 4.69) is 4.98 Å². The molecule has 7 nitrogen and oxygen atoms in total. The number of ether oxygens (including phenoxy) is 1. The Hall–Kier alpha value is -3.09. The van der Waals surface area contributed by atoms with E-state index >= 15 is 0 Å². The Labute approximate surface area is 170 Å². The summed E-state index contributed by atoms with van der Waals surface area (Å²) in [5.74, 6) is -0.608. The number of nitrogens with zero attached hydrogens (tertiary/aromatic N) is 2. The van der Waals surface area contributed by atoms with Crippen LogP contribution in [0.15, 0.2) is 24.3 Å². The molecule has 1 aromatic heterocycles. The number of hydrogen-bond donors (Lipinski definition) is 1. The molecule has 1 aromatic carbocycles. The van der Waals surface area contributed by atoms with Crippen LogP contribution in [-0.2, 0) is 4.74 Å². The molecule has 0 atom stereocenters. The highest BCUT2D eigenvalue weighted by atomic mass is 16.5. The summed E-state index contributed by atoms with van der Waals surface area (Å²) in [5.41, 5.74) is 3.81. The second-order valence-corrected chi connectivity index (χ2v) is 7.30. The van der Waals surface area contributed by atoms with Gasteiger partial charge in [0.15, 0.2) is 0 Å². The van der Waals surface area contributed by atoms with Gasteiger partial charge in [0.25, 0.3) is 11.8 Å². The van der Waals surface area contributed by atoms with Crippen LogP contribution in [0, 0.1) is 20.8 Å². The standard InChI is InChI=1S/C22H27N3O4/c1-5-29-22(28)18-15(3)19(23-16(18)4)21(27)25-12-10-24(11-13-25)20(26)17-8-6-14(2)7-9-17/h6-9,23H,5,10-13H2,1-4H3. The van der Waals surface area contributed by atoms with Crippen molar-refractivity contribution >= 4 is 17.8 Å². The summed E-state index contributed by atoms with van der Waals surface area (Å²) < 4.78 is 5.09. The molecule has 2 heterocycles. The van der Waals surface area contributed by atoms with E-state index in [1.807, 2.05) is 31.2 Å². The van der Waals surface area contributed by atoms with Crippen molar-refractivity contribution in [2.45, 2.75) is 27.7 Å². The Morgan fingerprint density at radius 1 is 0.931 bits per heavy atom. The number of aromatic amines is 1. The second-order valence-electron chi connectivity index (χ2n) is 7.30. The lowest BCUT2D eigenvalue weighted by Gasteiger charge is -2.34. The fourth-order valence-corrected chi connectivity index (χ4v) is 3.62. The van der Waals surface area contributed by atoms with Crippen LogP contribution in [0.3, 0.4) is 0 Å². The van der Waals surface area contributed by atoms with Gasteiger partial charge >= 0.3 is 5.97 Å². The van der Waals surface area contributed by atoms with Crippen LogP contribution < -0.4 is 0 Å². The maximum atomic E-state index is 13.0. The van der Waals surface area contributed by atoms with E-state index in [9.17, 15) is 14.4 Å². The third-order valence-electron chi connectivity index (χ3n) is 5.28. The van der Waals surface area contributed by atoms with Crippen molar-refractivity contribution < 1.29 is 19.1 Å². The SMILES string of the molecule is CCOC(=O)c1c(C)[nH]c(C(=O)N2CCN(C(=O)c3ccc(C)cc3)CC2)c1C. The molecule has 3 rings (SSSR count). The molecule has 1 aliphatic rings. The van der Waals surface area contributed by atoms with E-state index in [0.29, 0.717) is 54.3 Å². The zero-order valence-corrected chi connectivity index (χ0v) is 17.4. The maximum absolute atomic E-state index is 13.0. The van der Waals surface area contributed by atoms with Crippen molar-refractivity contribution in [2.75, 3.05) is 32.8 Å². The van der Waals surface area contributed by atoms with Gasteiger partial charge in [0.05, 0.1) is 12.2 Å². The van der Waals surface area contributed by atoms with E-state index in [-0.39, 0.29) is 18.4 Å². The molecule has 29 heavy (non-hydrogen) atoms. The first-order chi connectivity index (χ1) is 13.8. The number of carbonyl (C=O) groups excluding carboxylic acids is 3. The van der Waals surface area contributed by atoms with Crippen molar-refractivity contribution in [3.63, 3.8) is 0 Å². The smallest absolute Gasteiger partial charge is 0.340 e. The summed E-state index contributed by atoms with van der Waals surface area (Å²) in [6.07, 6.45) is 0. The maximum Gasteiger partial charge on any atom is 0.340 e. The molecular weight excluding hydrogens is 370 g/mol. The van der Waals surface area contributed by atoms with Crippen LogP contribution >= 0.6 is 0 Å². The summed E-state index contributed by atoms with van der Waals surface area (Å²) >= 11 is 0. The van der Waals surface area contributed by atoms with Gasteiger partial charge in [-0.15, -0.1) is 0 Å². The molecule has 2 amide bonds. The minimum absolute atomic E-state index is 0.0198. The largest absolute Gasteiger partial charge is 0.462 e. The van der Waals surface area contributed by atoms with Crippen molar-refractivity contribution in [1.82, 2.24) is 14.8 Å². The molecule has 0 bridgehead atoms. The fraction of sp³-hybridized carbons (Fsp3) is 0.409. The molecular formula is C22H27N3O4. The summed E-state index contributed by atoms with van der Waals surface area (Å²) in [4.78, 5) is 44.3. The molecule has 2 aromatic rings. The quantitative estimate of drug-likeness (QED) is 0.804. The van der Waals surface area contributed by atoms with E-state index in [1.165, 1.54) is 0 Å². The highest BCUT2D eigenvalue weighted by Gasteiger charge is 2.29. The number of aromatic nitrogens is 1. The number of benzene rings is 1. The number of esters is 1. The Morgan fingerprint density at radius 2 is 1.48 bits per heavy atom. The highest BCUT2D eigenvalue weighted by Crippen LogP contribution is 2.21. The van der Waals surface area contributed by atoms with Crippen molar-refractivity contribution in [3.8, 4) is 0 Å². The number of amides is 2. The number of H-pyrrole nitrogens is 1. The lowest BCUT2D eigenvalue weighted by Crippen LogP contribution is -2.50. The van der Waals surface area contributed by atoms with Crippen LogP contribution in [0.1, 0.15) is 54.9 Å². The van der Waals surface area contributed by atoms with Crippen LogP contribution in [0.2, 0.25) is 0 Å². The van der Waals surface area contributed by atoms with Crippen molar-refractivity contribution in [3.05, 3.63) is 57.9 Å². The summed E-state index contributed by atoms with van der Waals surface area (Å²) in [5, 5.41) is 0. The zero-order chi connectivity index (χ0) is 21.1. The van der Waals surface area contributed by atoms with Gasteiger partial charge in [-0.3, -0.25) is 9.59 Å². The normalized spacial score (nSPS) is 14.1. The van der Waals surface area contributed by atoms with Gasteiger partial charge in [-0.25, -0.2) is 4.79 Å². The van der Waals surface area contributed by atoms with Gasteiger partial charge in [0, 0.05) is 37.4 Å². The minimum atomic E-state index is -0.425. The van der Waals surface area contributed by atoms with Crippen molar-refractivity contribution in [1.29, 1.82) is 0 Å². The summed E-state index contributed by atoms with van der Waals surface area (Å²) in [6, 6.07) is 7.50. The Kier molecular flexibility index (Phi) is 6.06. The summed E-state index contributed by atoms with van der Waals surface area (Å²) in [7, 11) is 0. The Morgan fingerprint density at radius 3 is 2.03 bits per heavy atom. The molecule has 7 heteroatoms. The number of rotatable bonds is 4. The Bertz CT molecular complexity index is 922. The number of hydrogen-bond acceptors (Lipinski definition) is 4. The first-order valence-corrected chi connectivity index (χ1v) is 9.85. The predicted octanol–water partition coefficient (Wildman–Crippen LogP) is 2.71. The topological polar surface area (TPSA) is 82.7 Å². The third kappa shape index (κ3) is 4.18. The number of piperazine rings is 1. The van der Waals surface area contributed by atoms with Crippen LogP contribution in [0.4, 0.5) is 0 Å². The molecule has 0 unspecified atom stereocenters. The Balaban J connectivity index is 1.67. The average Bonchev–Trinajstić information content (AvgIpc) is 3.02. The molecule has 154 valence electrons. The first-order valence-electron chi connectivity index (χ1n) is 9.85. The monoisotopic (exact) mass is 397 g/mol. The van der Waals surface area contributed by atoms with E-state index < -0.39 is 5.97 Å². The van der Waals surface area contributed by atoms with Gasteiger partial charge < -0.3 is 19.5 Å². The molecule has 1 saturated heterocycles. The van der Waals surface area contributed by atoms with E-state index in [0.717, 1.165) is 5.56 Å². The van der Waals surface area contributed by atoms with E-state index in [4.69, 9.17) is 4.74 Å². The molecule has 0 saturated carbocycles. The van der Waals surface area contributed by atoms with Gasteiger partial charge in [-0.2, -0.15) is 0 Å². The fourth-order valence-electron chi connectivity index (χ4n) is 3.62.